The lowest BCUT2D eigenvalue weighted by atomic mass is 10.2. The zero-order chi connectivity index (χ0) is 14.0. The van der Waals surface area contributed by atoms with E-state index in [2.05, 4.69) is 21.2 Å². The highest BCUT2D eigenvalue weighted by molar-refractivity contribution is 9.10. The van der Waals surface area contributed by atoms with E-state index < -0.39 is 0 Å². The molecule has 0 bridgehead atoms. The van der Waals surface area contributed by atoms with E-state index in [1.54, 1.807) is 36.4 Å². The molecule has 0 spiro atoms. The maximum atomic E-state index is 12.1. The van der Waals surface area contributed by atoms with Crippen molar-refractivity contribution in [2.45, 2.75) is 0 Å². The summed E-state index contributed by atoms with van der Waals surface area (Å²) in [5.74, 6) is -0.364. The molecule has 0 fully saturated rings. The number of anilines is 1. The number of carbonyl (C=O) groups is 1. The SMILES string of the molecule is O=C(Nc1ccc(Br)cc1Cl)c1cccc(Cl)c1Cl. The fourth-order valence-corrected chi connectivity index (χ4v) is 2.57. The van der Waals surface area contributed by atoms with E-state index in [0.717, 1.165) is 4.47 Å². The van der Waals surface area contributed by atoms with Gasteiger partial charge in [-0.1, -0.05) is 56.8 Å². The molecule has 1 amide bonds. The number of carbonyl (C=O) groups excluding carboxylic acids is 1. The summed E-state index contributed by atoms with van der Waals surface area (Å²) in [5.41, 5.74) is 0.805. The van der Waals surface area contributed by atoms with Gasteiger partial charge in [-0.15, -0.1) is 0 Å². The van der Waals surface area contributed by atoms with E-state index in [1.165, 1.54) is 0 Å². The van der Waals surface area contributed by atoms with Crippen LogP contribution in [0, 0.1) is 0 Å². The Labute approximate surface area is 133 Å². The van der Waals surface area contributed by atoms with Crippen LogP contribution in [0.4, 0.5) is 5.69 Å². The average molecular weight is 379 g/mol. The van der Waals surface area contributed by atoms with Crippen molar-refractivity contribution in [3.8, 4) is 0 Å². The Morgan fingerprint density at radius 1 is 1.05 bits per heavy atom. The molecule has 0 radical (unpaired) electrons. The zero-order valence-corrected chi connectivity index (χ0v) is 13.2. The normalized spacial score (nSPS) is 10.3. The number of amides is 1. The van der Waals surface area contributed by atoms with Crippen LogP contribution in [0.1, 0.15) is 10.4 Å². The molecule has 0 aliphatic rings. The molecule has 2 rings (SSSR count). The van der Waals surface area contributed by atoms with Crippen molar-refractivity contribution in [2.24, 2.45) is 0 Å². The lowest BCUT2D eigenvalue weighted by Crippen LogP contribution is -2.12. The van der Waals surface area contributed by atoms with Gasteiger partial charge in [0.2, 0.25) is 0 Å². The van der Waals surface area contributed by atoms with Crippen LogP contribution in [0.2, 0.25) is 15.1 Å². The Balaban J connectivity index is 2.28. The largest absolute Gasteiger partial charge is 0.321 e. The Kier molecular flexibility index (Phi) is 4.74. The molecule has 0 heterocycles. The maximum absolute atomic E-state index is 12.1. The maximum Gasteiger partial charge on any atom is 0.257 e. The predicted molar refractivity (Wildman–Crippen MR) is 83.6 cm³/mol. The molecular formula is C13H7BrCl3NO. The van der Waals surface area contributed by atoms with Crippen LogP contribution >= 0.6 is 50.7 Å². The number of hydrogen-bond donors (Lipinski definition) is 1. The van der Waals surface area contributed by atoms with E-state index in [-0.39, 0.29) is 10.9 Å². The molecule has 98 valence electrons. The smallest absolute Gasteiger partial charge is 0.257 e. The second-order valence-electron chi connectivity index (χ2n) is 3.68. The van der Waals surface area contributed by atoms with Gasteiger partial charge in [-0.3, -0.25) is 4.79 Å². The Hall–Kier alpha value is -0.740. The highest BCUT2D eigenvalue weighted by atomic mass is 79.9. The Morgan fingerprint density at radius 3 is 2.47 bits per heavy atom. The summed E-state index contributed by atoms with van der Waals surface area (Å²) in [6.07, 6.45) is 0. The van der Waals surface area contributed by atoms with Crippen molar-refractivity contribution in [3.05, 3.63) is 61.5 Å². The lowest BCUT2D eigenvalue weighted by molar-refractivity contribution is 0.102. The number of rotatable bonds is 2. The first-order valence-electron chi connectivity index (χ1n) is 5.19. The number of benzene rings is 2. The van der Waals surface area contributed by atoms with Gasteiger partial charge in [-0.2, -0.15) is 0 Å². The molecule has 2 aromatic rings. The zero-order valence-electron chi connectivity index (χ0n) is 9.38. The van der Waals surface area contributed by atoms with Gasteiger partial charge in [0.15, 0.2) is 0 Å². The second-order valence-corrected chi connectivity index (χ2v) is 5.79. The molecule has 0 aromatic heterocycles. The summed E-state index contributed by atoms with van der Waals surface area (Å²) in [5, 5.41) is 3.67. The summed E-state index contributed by atoms with van der Waals surface area (Å²) >= 11 is 21.2. The van der Waals surface area contributed by atoms with Crippen molar-refractivity contribution in [1.29, 1.82) is 0 Å². The van der Waals surface area contributed by atoms with Crippen molar-refractivity contribution < 1.29 is 4.79 Å². The van der Waals surface area contributed by atoms with E-state index in [9.17, 15) is 4.79 Å². The van der Waals surface area contributed by atoms with Crippen LogP contribution in [0.5, 0.6) is 0 Å². The molecule has 19 heavy (non-hydrogen) atoms. The van der Waals surface area contributed by atoms with Gasteiger partial charge in [0, 0.05) is 4.47 Å². The van der Waals surface area contributed by atoms with Gasteiger partial charge in [0.25, 0.3) is 5.91 Å². The molecule has 0 aliphatic heterocycles. The average Bonchev–Trinajstić information content (AvgIpc) is 2.36. The van der Waals surface area contributed by atoms with Crippen LogP contribution in [0.25, 0.3) is 0 Å². The van der Waals surface area contributed by atoms with E-state index >= 15 is 0 Å². The summed E-state index contributed by atoms with van der Waals surface area (Å²) < 4.78 is 0.830. The summed E-state index contributed by atoms with van der Waals surface area (Å²) in [6, 6.07) is 10.0. The van der Waals surface area contributed by atoms with E-state index in [4.69, 9.17) is 34.8 Å². The molecule has 0 aliphatic carbocycles. The van der Waals surface area contributed by atoms with Crippen molar-refractivity contribution >= 4 is 62.3 Å². The molecule has 0 unspecified atom stereocenters. The van der Waals surface area contributed by atoms with Crippen molar-refractivity contribution in [3.63, 3.8) is 0 Å². The standard InChI is InChI=1S/C13H7BrCl3NO/c14-7-4-5-11(10(16)6-7)18-13(19)8-2-1-3-9(15)12(8)17/h1-6H,(H,18,19). The molecule has 2 aromatic carbocycles. The summed E-state index contributed by atoms with van der Waals surface area (Å²) in [4.78, 5) is 12.1. The third kappa shape index (κ3) is 3.42. The molecule has 1 N–H and O–H groups in total. The van der Waals surface area contributed by atoms with Crippen LogP contribution < -0.4 is 5.32 Å². The number of nitrogens with one attached hydrogen (secondary N) is 1. The predicted octanol–water partition coefficient (Wildman–Crippen LogP) is 5.66. The summed E-state index contributed by atoms with van der Waals surface area (Å²) in [7, 11) is 0. The van der Waals surface area contributed by atoms with Gasteiger partial charge in [0.1, 0.15) is 0 Å². The highest BCUT2D eigenvalue weighted by Crippen LogP contribution is 2.29. The van der Waals surface area contributed by atoms with E-state index in [1.807, 2.05) is 0 Å². The fraction of sp³-hybridized carbons (Fsp3) is 0. The first kappa shape index (κ1) is 14.7. The molecule has 0 saturated carbocycles. The quantitative estimate of drug-likeness (QED) is 0.716. The molecular weight excluding hydrogens is 372 g/mol. The molecule has 6 heteroatoms. The molecule has 0 atom stereocenters. The third-order valence-corrected chi connectivity index (χ3v) is 4.00. The van der Waals surface area contributed by atoms with Crippen LogP contribution in [-0.2, 0) is 0 Å². The van der Waals surface area contributed by atoms with E-state index in [0.29, 0.717) is 21.3 Å². The first-order chi connectivity index (χ1) is 8.99. The topological polar surface area (TPSA) is 29.1 Å². The number of halogens is 4. The van der Waals surface area contributed by atoms with Crippen molar-refractivity contribution in [1.82, 2.24) is 0 Å². The minimum atomic E-state index is -0.364. The summed E-state index contributed by atoms with van der Waals surface area (Å²) in [6.45, 7) is 0. The van der Waals surface area contributed by atoms with Gasteiger partial charge in [-0.05, 0) is 30.3 Å². The molecule has 0 saturated heterocycles. The van der Waals surface area contributed by atoms with Crippen LogP contribution in [0.15, 0.2) is 40.9 Å². The number of hydrogen-bond acceptors (Lipinski definition) is 1. The van der Waals surface area contributed by atoms with Gasteiger partial charge < -0.3 is 5.32 Å². The Morgan fingerprint density at radius 2 is 1.79 bits per heavy atom. The van der Waals surface area contributed by atoms with Crippen LogP contribution in [0.3, 0.4) is 0 Å². The minimum absolute atomic E-state index is 0.218. The monoisotopic (exact) mass is 377 g/mol. The first-order valence-corrected chi connectivity index (χ1v) is 7.12. The van der Waals surface area contributed by atoms with Crippen molar-refractivity contribution in [2.75, 3.05) is 5.32 Å². The van der Waals surface area contributed by atoms with Gasteiger partial charge >= 0.3 is 0 Å². The van der Waals surface area contributed by atoms with Gasteiger partial charge in [0.05, 0.1) is 26.3 Å². The fourth-order valence-electron chi connectivity index (χ4n) is 1.46. The minimum Gasteiger partial charge on any atom is -0.321 e. The second kappa shape index (κ2) is 6.14. The van der Waals surface area contributed by atoms with Gasteiger partial charge in [-0.25, -0.2) is 0 Å². The lowest BCUT2D eigenvalue weighted by Gasteiger charge is -2.09. The molecule has 2 nitrogen and oxygen atoms in total. The van der Waals surface area contributed by atoms with Crippen LogP contribution in [-0.4, -0.2) is 5.91 Å². The highest BCUT2D eigenvalue weighted by Gasteiger charge is 2.14. The third-order valence-electron chi connectivity index (χ3n) is 2.38. The Bertz CT molecular complexity index is 646.